The summed E-state index contributed by atoms with van der Waals surface area (Å²) in [5.41, 5.74) is 0.960. The number of aliphatic hydroxyl groups excluding tert-OH is 1. The third-order valence-electron chi connectivity index (χ3n) is 4.03. The van der Waals surface area contributed by atoms with Crippen LogP contribution in [-0.4, -0.2) is 41.3 Å². The van der Waals surface area contributed by atoms with E-state index in [1.165, 1.54) is 0 Å². The summed E-state index contributed by atoms with van der Waals surface area (Å²) in [4.78, 5) is 14.5. The molecule has 22 heavy (non-hydrogen) atoms. The second-order valence-electron chi connectivity index (χ2n) is 5.40. The number of amides is 1. The Labute approximate surface area is 136 Å². The van der Waals surface area contributed by atoms with Crippen LogP contribution in [0.4, 0.5) is 0 Å². The molecule has 4 nitrogen and oxygen atoms in total. The maximum atomic E-state index is 12.7. The number of rotatable bonds is 6. The van der Waals surface area contributed by atoms with Gasteiger partial charge in [0.25, 0.3) is 5.91 Å². The molecule has 1 aromatic rings. The Morgan fingerprint density at radius 1 is 1.50 bits per heavy atom. The number of hydrogen-bond donors (Lipinski definition) is 1. The van der Waals surface area contributed by atoms with Gasteiger partial charge >= 0.3 is 0 Å². The highest BCUT2D eigenvalue weighted by atomic mass is 35.5. The number of halogens is 1. The third-order valence-corrected chi connectivity index (χ3v) is 4.28. The van der Waals surface area contributed by atoms with E-state index in [0.29, 0.717) is 24.5 Å². The molecule has 3 atom stereocenters. The molecule has 0 aromatic heterocycles. The molecule has 1 aromatic carbocycles. The molecule has 1 saturated heterocycles. The molecule has 1 aliphatic rings. The van der Waals surface area contributed by atoms with Gasteiger partial charge in [0.1, 0.15) is 6.10 Å². The second-order valence-corrected chi connectivity index (χ2v) is 5.84. The van der Waals surface area contributed by atoms with E-state index in [0.717, 1.165) is 5.56 Å². The molecule has 3 unspecified atom stereocenters. The van der Waals surface area contributed by atoms with Crippen molar-refractivity contribution in [2.75, 3.05) is 13.2 Å². The molecule has 0 bridgehead atoms. The predicted molar refractivity (Wildman–Crippen MR) is 86.8 cm³/mol. The highest BCUT2D eigenvalue weighted by Gasteiger charge is 2.39. The fraction of sp³-hybridized carbons (Fsp3) is 0.471. The van der Waals surface area contributed by atoms with Gasteiger partial charge in [0.2, 0.25) is 0 Å². The van der Waals surface area contributed by atoms with Crippen molar-refractivity contribution in [3.63, 3.8) is 0 Å². The van der Waals surface area contributed by atoms with E-state index in [-0.39, 0.29) is 24.6 Å². The van der Waals surface area contributed by atoms with Crippen LogP contribution in [0.2, 0.25) is 5.02 Å². The van der Waals surface area contributed by atoms with E-state index in [1.54, 1.807) is 23.1 Å². The van der Waals surface area contributed by atoms with Crippen molar-refractivity contribution in [2.24, 2.45) is 0 Å². The van der Waals surface area contributed by atoms with Gasteiger partial charge < -0.3 is 14.7 Å². The molecule has 1 amide bonds. The van der Waals surface area contributed by atoms with Crippen molar-refractivity contribution >= 4 is 17.5 Å². The minimum Gasteiger partial charge on any atom is -0.394 e. The lowest BCUT2D eigenvalue weighted by molar-refractivity contribution is -0.165. The molecule has 120 valence electrons. The van der Waals surface area contributed by atoms with Gasteiger partial charge in [0.05, 0.1) is 25.3 Å². The number of ether oxygens (including phenoxy) is 1. The zero-order valence-corrected chi connectivity index (χ0v) is 13.5. The van der Waals surface area contributed by atoms with E-state index >= 15 is 0 Å². The highest BCUT2D eigenvalue weighted by Crippen LogP contribution is 2.31. The van der Waals surface area contributed by atoms with Gasteiger partial charge in [-0.3, -0.25) is 4.79 Å². The number of hydrogen-bond acceptors (Lipinski definition) is 3. The van der Waals surface area contributed by atoms with Crippen molar-refractivity contribution in [3.05, 3.63) is 47.5 Å². The fourth-order valence-electron chi connectivity index (χ4n) is 2.79. The van der Waals surface area contributed by atoms with Crippen molar-refractivity contribution < 1.29 is 14.6 Å². The number of aliphatic hydroxyl groups is 1. The molecule has 0 spiro atoms. The monoisotopic (exact) mass is 323 g/mol. The largest absolute Gasteiger partial charge is 0.394 e. The van der Waals surface area contributed by atoms with Gasteiger partial charge in [0.15, 0.2) is 0 Å². The standard InChI is InChI=1S/C17H22ClNO3/c1-3-5-16-17(21)19(14(4-2)10-20)15(11-22-16)12-6-8-13(18)9-7-12/h3,6-9,14-16,20H,1,4-5,10-11H2,2H3. The Kier molecular flexibility index (Phi) is 6.00. The molecule has 5 heteroatoms. The summed E-state index contributed by atoms with van der Waals surface area (Å²) in [5.74, 6) is -0.0907. The van der Waals surface area contributed by atoms with Gasteiger partial charge in [-0.15, -0.1) is 6.58 Å². The lowest BCUT2D eigenvalue weighted by Crippen LogP contribution is -2.54. The normalized spacial score (nSPS) is 23.4. The summed E-state index contributed by atoms with van der Waals surface area (Å²) in [6.45, 7) is 5.98. The fourth-order valence-corrected chi connectivity index (χ4v) is 2.91. The molecule has 1 N–H and O–H groups in total. The Morgan fingerprint density at radius 3 is 2.73 bits per heavy atom. The van der Waals surface area contributed by atoms with E-state index in [1.807, 2.05) is 19.1 Å². The van der Waals surface area contributed by atoms with Crippen LogP contribution in [0.15, 0.2) is 36.9 Å². The summed E-state index contributed by atoms with van der Waals surface area (Å²) >= 11 is 5.93. The van der Waals surface area contributed by atoms with Crippen LogP contribution in [0.3, 0.4) is 0 Å². The summed E-state index contributed by atoms with van der Waals surface area (Å²) in [5, 5.41) is 10.3. The number of benzene rings is 1. The van der Waals surface area contributed by atoms with Crippen LogP contribution in [0.25, 0.3) is 0 Å². The topological polar surface area (TPSA) is 49.8 Å². The van der Waals surface area contributed by atoms with Crippen LogP contribution in [0.1, 0.15) is 31.4 Å². The smallest absolute Gasteiger partial charge is 0.252 e. The number of carbonyl (C=O) groups is 1. The number of nitrogens with zero attached hydrogens (tertiary/aromatic N) is 1. The first-order chi connectivity index (χ1) is 10.6. The van der Waals surface area contributed by atoms with Gasteiger partial charge in [-0.1, -0.05) is 36.7 Å². The van der Waals surface area contributed by atoms with E-state index in [2.05, 4.69) is 6.58 Å². The lowest BCUT2D eigenvalue weighted by atomic mass is 9.99. The summed E-state index contributed by atoms with van der Waals surface area (Å²) in [7, 11) is 0. The van der Waals surface area contributed by atoms with Crippen molar-refractivity contribution in [3.8, 4) is 0 Å². The van der Waals surface area contributed by atoms with Gasteiger partial charge in [0, 0.05) is 11.4 Å². The minimum absolute atomic E-state index is 0.0624. The first kappa shape index (κ1) is 17.0. The van der Waals surface area contributed by atoms with Crippen LogP contribution >= 0.6 is 11.6 Å². The Morgan fingerprint density at radius 2 is 2.18 bits per heavy atom. The quantitative estimate of drug-likeness (QED) is 0.819. The van der Waals surface area contributed by atoms with Crippen molar-refractivity contribution in [2.45, 2.75) is 38.0 Å². The average Bonchev–Trinajstić information content (AvgIpc) is 2.53. The molecule has 0 radical (unpaired) electrons. The van der Waals surface area contributed by atoms with E-state index < -0.39 is 6.10 Å². The van der Waals surface area contributed by atoms with Crippen LogP contribution in [-0.2, 0) is 9.53 Å². The maximum Gasteiger partial charge on any atom is 0.252 e. The molecule has 1 fully saturated rings. The van der Waals surface area contributed by atoms with Gasteiger partial charge in [-0.25, -0.2) is 0 Å². The van der Waals surface area contributed by atoms with Crippen LogP contribution in [0.5, 0.6) is 0 Å². The Hall–Kier alpha value is -1.36. The van der Waals surface area contributed by atoms with Gasteiger partial charge in [-0.05, 0) is 24.1 Å². The SMILES string of the molecule is C=CCC1OCC(c2ccc(Cl)cc2)N(C(CC)CO)C1=O. The molecular formula is C17H22ClNO3. The first-order valence-electron chi connectivity index (χ1n) is 7.53. The molecule has 2 rings (SSSR count). The molecule has 1 aliphatic heterocycles. The number of carbonyl (C=O) groups excluding carboxylic acids is 1. The average molecular weight is 324 g/mol. The lowest BCUT2D eigenvalue weighted by Gasteiger charge is -2.43. The summed E-state index contributed by atoms with van der Waals surface area (Å²) in [6, 6.07) is 6.97. The molecule has 1 heterocycles. The summed E-state index contributed by atoms with van der Waals surface area (Å²) in [6.07, 6.45) is 2.34. The van der Waals surface area contributed by atoms with E-state index in [9.17, 15) is 9.90 Å². The molecule has 0 saturated carbocycles. The Balaban J connectivity index is 2.32. The Bertz CT molecular complexity index is 513. The third kappa shape index (κ3) is 3.51. The highest BCUT2D eigenvalue weighted by molar-refractivity contribution is 6.30. The summed E-state index contributed by atoms with van der Waals surface area (Å²) < 4.78 is 5.72. The molecule has 0 aliphatic carbocycles. The number of morpholine rings is 1. The molecular weight excluding hydrogens is 302 g/mol. The minimum atomic E-state index is -0.512. The maximum absolute atomic E-state index is 12.7. The van der Waals surface area contributed by atoms with E-state index in [4.69, 9.17) is 16.3 Å². The van der Waals surface area contributed by atoms with Crippen LogP contribution < -0.4 is 0 Å². The van der Waals surface area contributed by atoms with Crippen molar-refractivity contribution in [1.29, 1.82) is 0 Å². The zero-order valence-electron chi connectivity index (χ0n) is 12.7. The predicted octanol–water partition coefficient (Wildman–Crippen LogP) is 2.96. The zero-order chi connectivity index (χ0) is 16.1. The first-order valence-corrected chi connectivity index (χ1v) is 7.91. The van der Waals surface area contributed by atoms with Crippen LogP contribution in [0, 0.1) is 0 Å². The van der Waals surface area contributed by atoms with Crippen molar-refractivity contribution in [1.82, 2.24) is 4.90 Å². The van der Waals surface area contributed by atoms with Gasteiger partial charge in [-0.2, -0.15) is 0 Å². The second kappa shape index (κ2) is 7.77.